The second kappa shape index (κ2) is 5.19. The Morgan fingerprint density at radius 2 is 2.05 bits per heavy atom. The summed E-state index contributed by atoms with van der Waals surface area (Å²) in [6.45, 7) is 7.43. The zero-order valence-electron chi connectivity index (χ0n) is 11.7. The van der Waals surface area contributed by atoms with Crippen molar-refractivity contribution in [1.29, 1.82) is 0 Å². The summed E-state index contributed by atoms with van der Waals surface area (Å²) in [5.74, 6) is 0.570. The summed E-state index contributed by atoms with van der Waals surface area (Å²) >= 11 is 0. The van der Waals surface area contributed by atoms with E-state index in [9.17, 15) is 9.18 Å². The Balaban J connectivity index is 2.20. The Kier molecular flexibility index (Phi) is 3.78. The lowest BCUT2D eigenvalue weighted by molar-refractivity contribution is 0.0627. The summed E-state index contributed by atoms with van der Waals surface area (Å²) in [5.41, 5.74) is 6.81. The summed E-state index contributed by atoms with van der Waals surface area (Å²) in [6, 6.07) is 2.86. The average Bonchev–Trinajstić information content (AvgIpc) is 2.37. The van der Waals surface area contributed by atoms with Crippen LogP contribution in [0.1, 0.15) is 36.2 Å². The highest BCUT2D eigenvalue weighted by Gasteiger charge is 2.27. The van der Waals surface area contributed by atoms with Crippen LogP contribution in [0.25, 0.3) is 0 Å². The summed E-state index contributed by atoms with van der Waals surface area (Å²) in [5, 5.41) is 0. The quantitative estimate of drug-likeness (QED) is 0.793. The number of likely N-dealkylation sites (tertiary alicyclic amines) is 1. The van der Waals surface area contributed by atoms with Crippen molar-refractivity contribution in [3.05, 3.63) is 29.1 Å². The van der Waals surface area contributed by atoms with Crippen LogP contribution in [0, 0.1) is 24.6 Å². The number of piperidine rings is 1. The molecule has 2 atom stereocenters. The van der Waals surface area contributed by atoms with E-state index in [-0.39, 0.29) is 5.91 Å². The third-order valence-electron chi connectivity index (χ3n) is 4.25. The van der Waals surface area contributed by atoms with E-state index in [1.165, 1.54) is 6.07 Å². The summed E-state index contributed by atoms with van der Waals surface area (Å²) in [6.07, 6.45) is 0.997. The smallest absolute Gasteiger partial charge is 0.254 e. The van der Waals surface area contributed by atoms with Crippen LogP contribution in [0.4, 0.5) is 10.1 Å². The number of halogens is 1. The maximum Gasteiger partial charge on any atom is 0.254 e. The van der Waals surface area contributed by atoms with Crippen molar-refractivity contribution in [3.8, 4) is 0 Å². The lowest BCUT2D eigenvalue weighted by Gasteiger charge is -2.35. The summed E-state index contributed by atoms with van der Waals surface area (Å²) in [4.78, 5) is 14.2. The maximum absolute atomic E-state index is 13.7. The van der Waals surface area contributed by atoms with Crippen molar-refractivity contribution < 1.29 is 9.18 Å². The van der Waals surface area contributed by atoms with Gasteiger partial charge >= 0.3 is 0 Å². The predicted molar refractivity (Wildman–Crippen MR) is 74.4 cm³/mol. The molecule has 2 rings (SSSR count). The molecule has 0 aliphatic carbocycles. The van der Waals surface area contributed by atoms with Crippen molar-refractivity contribution >= 4 is 11.6 Å². The number of hydrogen-bond donors (Lipinski definition) is 1. The van der Waals surface area contributed by atoms with Gasteiger partial charge in [-0.3, -0.25) is 4.79 Å². The van der Waals surface area contributed by atoms with E-state index in [0.29, 0.717) is 28.7 Å². The van der Waals surface area contributed by atoms with Crippen LogP contribution in [0.2, 0.25) is 0 Å². The number of hydrogen-bond acceptors (Lipinski definition) is 2. The van der Waals surface area contributed by atoms with Gasteiger partial charge in [-0.1, -0.05) is 13.8 Å². The number of carbonyl (C=O) groups is 1. The molecule has 1 aromatic carbocycles. The van der Waals surface area contributed by atoms with E-state index in [4.69, 9.17) is 5.73 Å². The van der Waals surface area contributed by atoms with Crippen LogP contribution in [0.15, 0.2) is 12.1 Å². The lowest BCUT2D eigenvalue weighted by Crippen LogP contribution is -2.42. The SMILES string of the molecule is Cc1c(N)cc(C(=O)N2CCC(C)C(C)C2)cc1F. The first-order chi connectivity index (χ1) is 8.90. The number of amides is 1. The lowest BCUT2D eigenvalue weighted by atomic mass is 9.88. The number of nitrogen functional groups attached to an aromatic ring is 1. The van der Waals surface area contributed by atoms with Gasteiger partial charge in [0, 0.05) is 29.9 Å². The van der Waals surface area contributed by atoms with Gasteiger partial charge in [0.2, 0.25) is 0 Å². The van der Waals surface area contributed by atoms with Crippen molar-refractivity contribution in [2.75, 3.05) is 18.8 Å². The van der Waals surface area contributed by atoms with Gasteiger partial charge in [0.25, 0.3) is 5.91 Å². The molecule has 0 aromatic heterocycles. The minimum atomic E-state index is -0.415. The Morgan fingerprint density at radius 3 is 2.63 bits per heavy atom. The molecule has 1 heterocycles. The Bertz CT molecular complexity index is 478. The van der Waals surface area contributed by atoms with Gasteiger partial charge in [-0.2, -0.15) is 0 Å². The highest BCUT2D eigenvalue weighted by molar-refractivity contribution is 5.95. The molecule has 2 unspecified atom stereocenters. The predicted octanol–water partition coefficient (Wildman–Crippen LogP) is 2.83. The molecule has 1 fully saturated rings. The highest BCUT2D eigenvalue weighted by Crippen LogP contribution is 2.25. The Morgan fingerprint density at radius 1 is 1.37 bits per heavy atom. The molecule has 4 heteroatoms. The normalized spacial score (nSPS) is 23.5. The number of anilines is 1. The first-order valence-corrected chi connectivity index (χ1v) is 6.75. The molecular weight excluding hydrogens is 243 g/mol. The monoisotopic (exact) mass is 264 g/mol. The Labute approximate surface area is 113 Å². The average molecular weight is 264 g/mol. The second-order valence-electron chi connectivity index (χ2n) is 5.67. The van der Waals surface area contributed by atoms with Crippen LogP contribution in [0.3, 0.4) is 0 Å². The fraction of sp³-hybridized carbons (Fsp3) is 0.533. The molecule has 1 amide bonds. The first-order valence-electron chi connectivity index (χ1n) is 6.75. The van der Waals surface area contributed by atoms with Gasteiger partial charge in [-0.05, 0) is 37.3 Å². The molecule has 2 N–H and O–H groups in total. The highest BCUT2D eigenvalue weighted by atomic mass is 19.1. The van der Waals surface area contributed by atoms with Gasteiger partial charge in [0.05, 0.1) is 0 Å². The minimum Gasteiger partial charge on any atom is -0.398 e. The zero-order valence-corrected chi connectivity index (χ0v) is 11.7. The topological polar surface area (TPSA) is 46.3 Å². The minimum absolute atomic E-state index is 0.121. The molecule has 1 aliphatic rings. The molecular formula is C15H21FN2O. The zero-order chi connectivity index (χ0) is 14.2. The third-order valence-corrected chi connectivity index (χ3v) is 4.25. The van der Waals surface area contributed by atoms with E-state index in [1.54, 1.807) is 17.9 Å². The van der Waals surface area contributed by atoms with Crippen LogP contribution < -0.4 is 5.73 Å². The molecule has 0 saturated carbocycles. The van der Waals surface area contributed by atoms with Gasteiger partial charge in [0.15, 0.2) is 0 Å². The van der Waals surface area contributed by atoms with E-state index >= 15 is 0 Å². The molecule has 1 saturated heterocycles. The van der Waals surface area contributed by atoms with E-state index in [0.717, 1.165) is 19.5 Å². The summed E-state index contributed by atoms with van der Waals surface area (Å²) < 4.78 is 13.7. The molecule has 0 spiro atoms. The second-order valence-corrected chi connectivity index (χ2v) is 5.67. The van der Waals surface area contributed by atoms with Crippen molar-refractivity contribution in [1.82, 2.24) is 4.90 Å². The molecule has 19 heavy (non-hydrogen) atoms. The number of benzene rings is 1. The van der Waals surface area contributed by atoms with Crippen molar-refractivity contribution in [3.63, 3.8) is 0 Å². The molecule has 104 valence electrons. The van der Waals surface area contributed by atoms with Crippen LogP contribution in [-0.2, 0) is 0 Å². The van der Waals surface area contributed by atoms with Crippen LogP contribution in [-0.4, -0.2) is 23.9 Å². The number of nitrogens with two attached hydrogens (primary N) is 1. The number of nitrogens with zero attached hydrogens (tertiary/aromatic N) is 1. The van der Waals surface area contributed by atoms with Crippen LogP contribution in [0.5, 0.6) is 0 Å². The van der Waals surface area contributed by atoms with E-state index in [2.05, 4.69) is 13.8 Å². The first kappa shape index (κ1) is 13.8. The number of carbonyl (C=O) groups excluding carboxylic acids is 1. The van der Waals surface area contributed by atoms with E-state index < -0.39 is 5.82 Å². The number of rotatable bonds is 1. The largest absolute Gasteiger partial charge is 0.398 e. The van der Waals surface area contributed by atoms with Gasteiger partial charge < -0.3 is 10.6 Å². The summed E-state index contributed by atoms with van der Waals surface area (Å²) in [7, 11) is 0. The van der Waals surface area contributed by atoms with Gasteiger partial charge in [-0.15, -0.1) is 0 Å². The molecule has 0 radical (unpaired) electrons. The van der Waals surface area contributed by atoms with Crippen molar-refractivity contribution in [2.45, 2.75) is 27.2 Å². The van der Waals surface area contributed by atoms with Crippen LogP contribution >= 0.6 is 0 Å². The molecule has 1 aliphatic heterocycles. The maximum atomic E-state index is 13.7. The van der Waals surface area contributed by atoms with E-state index in [1.807, 2.05) is 0 Å². The molecule has 1 aromatic rings. The van der Waals surface area contributed by atoms with Crippen molar-refractivity contribution in [2.24, 2.45) is 11.8 Å². The molecule has 0 bridgehead atoms. The fourth-order valence-corrected chi connectivity index (χ4v) is 2.45. The third kappa shape index (κ3) is 2.72. The Hall–Kier alpha value is -1.58. The molecule has 3 nitrogen and oxygen atoms in total. The standard InChI is InChI=1S/C15H21FN2O/c1-9-4-5-18(8-10(9)2)15(19)12-6-13(16)11(3)14(17)7-12/h6-7,9-10H,4-5,8,17H2,1-3H3. The fourth-order valence-electron chi connectivity index (χ4n) is 2.45. The van der Waals surface area contributed by atoms with Gasteiger partial charge in [-0.25, -0.2) is 4.39 Å². The van der Waals surface area contributed by atoms with Gasteiger partial charge in [0.1, 0.15) is 5.82 Å².